The Labute approximate surface area is 199 Å². The van der Waals surface area contributed by atoms with Gasteiger partial charge in [0.1, 0.15) is 21.4 Å². The summed E-state index contributed by atoms with van der Waals surface area (Å²) in [5.74, 6) is 1.79. The van der Waals surface area contributed by atoms with Crippen molar-refractivity contribution in [1.29, 1.82) is 0 Å². The number of nitrogens with zero attached hydrogens (tertiary/aromatic N) is 5. The van der Waals surface area contributed by atoms with Crippen LogP contribution < -0.4 is 10.2 Å². The van der Waals surface area contributed by atoms with Crippen LogP contribution in [0.4, 0.5) is 23.4 Å². The summed E-state index contributed by atoms with van der Waals surface area (Å²) in [6.07, 6.45) is 6.73. The maximum Gasteiger partial charge on any atom is 0.240 e. The Bertz CT molecular complexity index is 1130. The molecule has 13 heteroatoms. The summed E-state index contributed by atoms with van der Waals surface area (Å²) in [4.78, 5) is 19.6. The summed E-state index contributed by atoms with van der Waals surface area (Å²) < 4.78 is 51.6. The molecule has 2 aromatic heterocycles. The molecule has 2 saturated carbocycles. The second-order valence-corrected chi connectivity index (χ2v) is 12.5. The van der Waals surface area contributed by atoms with Crippen molar-refractivity contribution in [2.75, 3.05) is 29.9 Å². The zero-order valence-electron chi connectivity index (χ0n) is 18.3. The van der Waals surface area contributed by atoms with E-state index in [2.05, 4.69) is 20.2 Å². The van der Waals surface area contributed by atoms with E-state index in [1.807, 2.05) is 0 Å². The van der Waals surface area contributed by atoms with Gasteiger partial charge < -0.3 is 15.3 Å². The molecule has 4 heterocycles. The van der Waals surface area contributed by atoms with Gasteiger partial charge in [0.05, 0.1) is 41.0 Å². The molecule has 0 aromatic carbocycles. The topological polar surface area (TPSA) is 104 Å². The molecular formula is C21H25F3N6O2S2. The van der Waals surface area contributed by atoms with Gasteiger partial charge >= 0.3 is 0 Å². The van der Waals surface area contributed by atoms with Gasteiger partial charge in [-0.25, -0.2) is 15.0 Å². The van der Waals surface area contributed by atoms with Gasteiger partial charge in [-0.3, -0.25) is 4.21 Å². The number of hydrogen-bond acceptors (Lipinski definition) is 8. The van der Waals surface area contributed by atoms with Crippen LogP contribution in [0.25, 0.3) is 0 Å². The largest absolute Gasteiger partial charge is 0.394 e. The number of rotatable bonds is 6. The maximum absolute atomic E-state index is 12.9. The van der Waals surface area contributed by atoms with Crippen LogP contribution in [0, 0.1) is 0 Å². The normalized spacial score (nSPS) is 28.1. The van der Waals surface area contributed by atoms with Crippen molar-refractivity contribution in [2.45, 2.75) is 70.9 Å². The van der Waals surface area contributed by atoms with Crippen molar-refractivity contribution in [3.8, 4) is 0 Å². The Hall–Kier alpha value is -1.99. The lowest BCUT2D eigenvalue weighted by Crippen LogP contribution is -2.49. The molecule has 3 atom stereocenters. The first kappa shape index (κ1) is 22.5. The molecule has 2 aliphatic carbocycles. The summed E-state index contributed by atoms with van der Waals surface area (Å²) in [5.41, 5.74) is 0.448. The fourth-order valence-corrected chi connectivity index (χ4v) is 7.30. The molecule has 3 fully saturated rings. The quantitative estimate of drug-likeness (QED) is 0.601. The van der Waals surface area contributed by atoms with E-state index in [1.54, 1.807) is 0 Å². The number of hydrogen-bond donors (Lipinski definition) is 2. The highest BCUT2D eigenvalue weighted by Crippen LogP contribution is 2.60. The molecule has 6 rings (SSSR count). The third-order valence-electron chi connectivity index (χ3n) is 7.49. The molecule has 2 aromatic rings. The minimum atomic E-state index is -5.32. The van der Waals surface area contributed by atoms with Crippen molar-refractivity contribution in [3.63, 3.8) is 0 Å². The average Bonchev–Trinajstić information content (AvgIpc) is 3.56. The van der Waals surface area contributed by atoms with Crippen molar-refractivity contribution in [2.24, 2.45) is 0 Å². The molecule has 2 unspecified atom stereocenters. The minimum Gasteiger partial charge on any atom is -0.394 e. The molecule has 8 nitrogen and oxygen atoms in total. The molecule has 4 aliphatic rings. The Morgan fingerprint density at radius 3 is 2.47 bits per heavy atom. The summed E-state index contributed by atoms with van der Waals surface area (Å²) in [6.45, 7) is 1.25. The number of fused-ring (bicyclic) bond motifs is 3. The highest BCUT2D eigenvalue weighted by atomic mass is 32.3. The average molecular weight is 515 g/mol. The number of aliphatic hydroxyl groups is 1. The monoisotopic (exact) mass is 514 g/mol. The van der Waals surface area contributed by atoms with Gasteiger partial charge in [-0.15, -0.1) is 11.7 Å². The molecule has 34 heavy (non-hydrogen) atoms. The van der Waals surface area contributed by atoms with Gasteiger partial charge in [0.2, 0.25) is 17.1 Å². The Morgan fingerprint density at radius 1 is 1.18 bits per heavy atom. The highest BCUT2D eigenvalue weighted by Gasteiger charge is 2.55. The van der Waals surface area contributed by atoms with E-state index in [1.165, 1.54) is 0 Å². The predicted molar refractivity (Wildman–Crippen MR) is 122 cm³/mol. The number of aromatic nitrogens is 4. The van der Waals surface area contributed by atoms with Crippen LogP contribution >= 0.6 is 11.2 Å². The molecule has 0 amide bonds. The van der Waals surface area contributed by atoms with Crippen LogP contribution in [0.2, 0.25) is 0 Å². The number of anilines is 2. The molecule has 0 spiro atoms. The van der Waals surface area contributed by atoms with Crippen LogP contribution in [-0.2, 0) is 10.8 Å². The zero-order valence-corrected chi connectivity index (χ0v) is 19.9. The van der Waals surface area contributed by atoms with E-state index < -0.39 is 32.4 Å². The first-order valence-corrected chi connectivity index (χ1v) is 14.0. The number of aliphatic hydroxyl groups excluding tert-OH is 1. The second-order valence-electron chi connectivity index (χ2n) is 9.63. The summed E-state index contributed by atoms with van der Waals surface area (Å²) >= 11 is -5.32. The predicted octanol–water partition coefficient (Wildman–Crippen LogP) is 3.77. The van der Waals surface area contributed by atoms with Crippen molar-refractivity contribution in [1.82, 2.24) is 19.9 Å². The fraction of sp³-hybridized carbons (Fsp3) is 0.619. The molecule has 184 valence electrons. The third-order valence-corrected chi connectivity index (χ3v) is 10.1. The number of piperidine rings is 1. The molecule has 1 saturated heterocycles. The fourth-order valence-electron chi connectivity index (χ4n) is 5.15. The van der Waals surface area contributed by atoms with E-state index in [0.717, 1.165) is 43.8 Å². The molecule has 2 N–H and O–H groups in total. The minimum absolute atomic E-state index is 0.000613. The SMILES string of the molecule is O=[S@]1c2c(NC3(CO)CCC3)nc(N3CCC(c4ncc(S(F)(F)F)cn4)CC3)nc2C2CC21. The second kappa shape index (κ2) is 8.02. The molecular weight excluding hydrogens is 489 g/mol. The van der Waals surface area contributed by atoms with Crippen molar-refractivity contribution in [3.05, 3.63) is 23.9 Å². The van der Waals surface area contributed by atoms with Gasteiger partial charge in [-0.1, -0.05) is 0 Å². The number of nitrogens with one attached hydrogen (secondary N) is 1. The van der Waals surface area contributed by atoms with Gasteiger partial charge in [0.25, 0.3) is 0 Å². The van der Waals surface area contributed by atoms with Crippen LogP contribution in [-0.4, -0.2) is 59.7 Å². The zero-order chi connectivity index (χ0) is 23.7. The Morgan fingerprint density at radius 2 is 1.88 bits per heavy atom. The lowest BCUT2D eigenvalue weighted by molar-refractivity contribution is 0.143. The summed E-state index contributed by atoms with van der Waals surface area (Å²) in [7, 11) is -1.13. The third kappa shape index (κ3) is 3.76. The van der Waals surface area contributed by atoms with Crippen LogP contribution in [0.15, 0.2) is 22.2 Å². The van der Waals surface area contributed by atoms with Gasteiger partial charge in [0, 0.05) is 30.2 Å². The van der Waals surface area contributed by atoms with Crippen LogP contribution in [0.1, 0.15) is 61.9 Å². The first-order chi connectivity index (χ1) is 16.3. The lowest BCUT2D eigenvalue weighted by Gasteiger charge is -2.42. The standard InChI is InChI=1S/C21H25F3N6O2S2/c22-34(23,24)13-9-25-18(26-10-13)12-2-6-30(7-3-12)20-27-16-14-8-15(14)33(32)17(16)19(28-20)29-21(11-31)4-1-5-21/h9-10,12,14-15,31H,1-8,11H2,(H,27,28,29)/t14?,15?,33-/m1/s1. The van der Waals surface area contributed by atoms with Crippen LogP contribution in [0.5, 0.6) is 0 Å². The van der Waals surface area contributed by atoms with E-state index in [9.17, 15) is 21.0 Å². The Kier molecular flexibility index (Phi) is 5.30. The van der Waals surface area contributed by atoms with Crippen molar-refractivity contribution < 1.29 is 21.0 Å². The van der Waals surface area contributed by atoms with Gasteiger partial charge in [0.15, 0.2) is 0 Å². The molecule has 2 aliphatic heterocycles. The van der Waals surface area contributed by atoms with E-state index >= 15 is 0 Å². The van der Waals surface area contributed by atoms with Gasteiger partial charge in [-0.2, -0.15) is 4.98 Å². The summed E-state index contributed by atoms with van der Waals surface area (Å²) in [6, 6.07) is 0. The Balaban J connectivity index is 1.22. The van der Waals surface area contributed by atoms with E-state index in [0.29, 0.717) is 48.4 Å². The van der Waals surface area contributed by atoms with E-state index in [4.69, 9.17) is 9.97 Å². The first-order valence-electron chi connectivity index (χ1n) is 11.5. The van der Waals surface area contributed by atoms with Crippen LogP contribution in [0.3, 0.4) is 0 Å². The highest BCUT2D eigenvalue weighted by molar-refractivity contribution is 8.20. The van der Waals surface area contributed by atoms with Gasteiger partial charge in [-0.05, 0) is 38.5 Å². The maximum atomic E-state index is 12.9. The number of halogens is 3. The summed E-state index contributed by atoms with van der Waals surface area (Å²) in [5, 5.41) is 13.5. The lowest BCUT2D eigenvalue weighted by atomic mass is 9.77. The van der Waals surface area contributed by atoms with E-state index in [-0.39, 0.29) is 23.7 Å². The molecule has 0 bridgehead atoms. The molecule has 0 radical (unpaired) electrons. The smallest absolute Gasteiger partial charge is 0.240 e. The van der Waals surface area contributed by atoms with Crippen molar-refractivity contribution >= 4 is 33.8 Å².